The number of hydrogen-bond acceptors (Lipinski definition) is 3. The first kappa shape index (κ1) is 13.9. The van der Waals surface area contributed by atoms with Crippen LogP contribution in [0, 0.1) is 17.1 Å². The molecule has 0 radical (unpaired) electrons. The molecule has 2 rings (SSSR count). The predicted octanol–water partition coefficient (Wildman–Crippen LogP) is 3.31. The third kappa shape index (κ3) is 3.07. The van der Waals surface area contributed by atoms with E-state index >= 15 is 0 Å². The van der Waals surface area contributed by atoms with Crippen molar-refractivity contribution in [2.75, 3.05) is 17.2 Å². The summed E-state index contributed by atoms with van der Waals surface area (Å²) in [5.41, 5.74) is 8.56. The van der Waals surface area contributed by atoms with Crippen molar-refractivity contribution >= 4 is 11.4 Å². The molecule has 2 aromatic rings. The molecule has 20 heavy (non-hydrogen) atoms. The molecule has 0 aliphatic rings. The highest BCUT2D eigenvalue weighted by Gasteiger charge is 2.10. The largest absolute Gasteiger partial charge is 0.399 e. The molecule has 0 aliphatic carbocycles. The standard InChI is InChI=1S/C16H16FN3/c1-2-20(16-7-5-15(19)6-8-16)11-13-9-14(17)4-3-12(13)10-18/h3-9H,2,11,19H2,1H3. The van der Waals surface area contributed by atoms with Gasteiger partial charge in [-0.2, -0.15) is 5.26 Å². The average Bonchev–Trinajstić information content (AvgIpc) is 2.46. The number of hydrogen-bond donors (Lipinski definition) is 1. The van der Waals surface area contributed by atoms with E-state index in [4.69, 9.17) is 11.0 Å². The van der Waals surface area contributed by atoms with Crippen molar-refractivity contribution in [2.45, 2.75) is 13.5 Å². The second kappa shape index (κ2) is 6.07. The summed E-state index contributed by atoms with van der Waals surface area (Å²) in [6, 6.07) is 13.8. The van der Waals surface area contributed by atoms with Gasteiger partial charge in [0, 0.05) is 24.5 Å². The average molecular weight is 269 g/mol. The molecule has 4 heteroatoms. The summed E-state index contributed by atoms with van der Waals surface area (Å²) < 4.78 is 13.3. The van der Waals surface area contributed by atoms with Gasteiger partial charge in [-0.25, -0.2) is 4.39 Å². The molecule has 0 saturated heterocycles. The first-order valence-corrected chi connectivity index (χ1v) is 6.43. The number of anilines is 2. The van der Waals surface area contributed by atoms with Crippen molar-refractivity contribution in [3.63, 3.8) is 0 Å². The fraction of sp³-hybridized carbons (Fsp3) is 0.188. The molecule has 0 spiro atoms. The molecule has 0 unspecified atom stereocenters. The first-order chi connectivity index (χ1) is 9.63. The molecule has 0 bridgehead atoms. The van der Waals surface area contributed by atoms with Crippen LogP contribution < -0.4 is 10.6 Å². The quantitative estimate of drug-likeness (QED) is 0.866. The number of nitrogens with two attached hydrogens (primary N) is 1. The van der Waals surface area contributed by atoms with Crippen LogP contribution in [0.1, 0.15) is 18.1 Å². The van der Waals surface area contributed by atoms with Gasteiger partial charge < -0.3 is 10.6 Å². The minimum absolute atomic E-state index is 0.327. The molecular weight excluding hydrogens is 253 g/mol. The highest BCUT2D eigenvalue weighted by molar-refractivity contribution is 5.54. The summed E-state index contributed by atoms with van der Waals surface area (Å²) >= 11 is 0. The van der Waals surface area contributed by atoms with E-state index in [9.17, 15) is 4.39 Å². The van der Waals surface area contributed by atoms with Gasteiger partial charge in [-0.15, -0.1) is 0 Å². The van der Waals surface area contributed by atoms with E-state index in [1.165, 1.54) is 18.2 Å². The maximum absolute atomic E-state index is 13.3. The number of benzene rings is 2. The minimum Gasteiger partial charge on any atom is -0.399 e. The van der Waals surface area contributed by atoms with Crippen LogP contribution in [0.2, 0.25) is 0 Å². The number of rotatable bonds is 4. The van der Waals surface area contributed by atoms with Crippen molar-refractivity contribution in [1.82, 2.24) is 0 Å². The summed E-state index contributed by atoms with van der Waals surface area (Å²) in [6.07, 6.45) is 0. The van der Waals surface area contributed by atoms with E-state index in [2.05, 4.69) is 11.0 Å². The smallest absolute Gasteiger partial charge is 0.123 e. The lowest BCUT2D eigenvalue weighted by molar-refractivity contribution is 0.624. The Balaban J connectivity index is 2.29. The molecular formula is C16H16FN3. The van der Waals surface area contributed by atoms with E-state index in [-0.39, 0.29) is 5.82 Å². The van der Waals surface area contributed by atoms with Crippen LogP contribution in [0.15, 0.2) is 42.5 Å². The second-order valence-electron chi connectivity index (χ2n) is 4.52. The van der Waals surface area contributed by atoms with E-state index in [1.807, 2.05) is 31.2 Å². The van der Waals surface area contributed by atoms with Crippen molar-refractivity contribution in [2.24, 2.45) is 0 Å². The zero-order chi connectivity index (χ0) is 14.5. The summed E-state index contributed by atoms with van der Waals surface area (Å²) in [5.74, 6) is -0.327. The molecule has 0 aromatic heterocycles. The SMILES string of the molecule is CCN(Cc1cc(F)ccc1C#N)c1ccc(N)cc1. The fourth-order valence-electron chi connectivity index (χ4n) is 2.08. The lowest BCUT2D eigenvalue weighted by atomic mass is 10.1. The highest BCUT2D eigenvalue weighted by Crippen LogP contribution is 2.20. The molecule has 0 atom stereocenters. The summed E-state index contributed by atoms with van der Waals surface area (Å²) in [6.45, 7) is 3.26. The lowest BCUT2D eigenvalue weighted by Crippen LogP contribution is -2.22. The lowest BCUT2D eigenvalue weighted by Gasteiger charge is -2.24. The molecule has 102 valence electrons. The molecule has 0 saturated carbocycles. The van der Waals surface area contributed by atoms with E-state index in [0.717, 1.165) is 12.2 Å². The Morgan fingerprint density at radius 1 is 1.20 bits per heavy atom. The van der Waals surface area contributed by atoms with Gasteiger partial charge in [0.2, 0.25) is 0 Å². The molecule has 3 nitrogen and oxygen atoms in total. The molecule has 2 aromatic carbocycles. The van der Waals surface area contributed by atoms with Crippen molar-refractivity contribution < 1.29 is 4.39 Å². The first-order valence-electron chi connectivity index (χ1n) is 6.43. The van der Waals surface area contributed by atoms with Crippen LogP contribution in [0.4, 0.5) is 15.8 Å². The summed E-state index contributed by atoms with van der Waals surface area (Å²) in [5, 5.41) is 9.09. The molecule has 2 N–H and O–H groups in total. The van der Waals surface area contributed by atoms with E-state index in [1.54, 1.807) is 0 Å². The zero-order valence-electron chi connectivity index (χ0n) is 11.3. The van der Waals surface area contributed by atoms with Crippen LogP contribution in [-0.2, 0) is 6.54 Å². The third-order valence-corrected chi connectivity index (χ3v) is 3.19. The van der Waals surface area contributed by atoms with Crippen LogP contribution in [-0.4, -0.2) is 6.54 Å². The normalized spacial score (nSPS) is 10.1. The van der Waals surface area contributed by atoms with Gasteiger partial charge >= 0.3 is 0 Å². The molecule has 0 fully saturated rings. The second-order valence-corrected chi connectivity index (χ2v) is 4.52. The molecule has 0 amide bonds. The maximum atomic E-state index is 13.3. The Hall–Kier alpha value is -2.54. The number of halogens is 1. The third-order valence-electron chi connectivity index (χ3n) is 3.19. The Morgan fingerprint density at radius 3 is 2.50 bits per heavy atom. The Labute approximate surface area is 118 Å². The Bertz CT molecular complexity index is 629. The Kier molecular flexibility index (Phi) is 4.21. The van der Waals surface area contributed by atoms with Crippen LogP contribution in [0.3, 0.4) is 0 Å². The van der Waals surface area contributed by atoms with E-state index < -0.39 is 0 Å². The summed E-state index contributed by atoms with van der Waals surface area (Å²) in [7, 11) is 0. The maximum Gasteiger partial charge on any atom is 0.123 e. The minimum atomic E-state index is -0.327. The van der Waals surface area contributed by atoms with Gasteiger partial charge in [0.25, 0.3) is 0 Å². The highest BCUT2D eigenvalue weighted by atomic mass is 19.1. The van der Waals surface area contributed by atoms with Gasteiger partial charge in [-0.1, -0.05) is 0 Å². The van der Waals surface area contributed by atoms with Gasteiger partial charge in [-0.05, 0) is 55.0 Å². The van der Waals surface area contributed by atoms with Gasteiger partial charge in [-0.3, -0.25) is 0 Å². The van der Waals surface area contributed by atoms with Crippen molar-refractivity contribution in [3.05, 3.63) is 59.4 Å². The fourth-order valence-corrected chi connectivity index (χ4v) is 2.08. The molecule has 0 aliphatic heterocycles. The van der Waals surface area contributed by atoms with Gasteiger partial charge in [0.1, 0.15) is 5.82 Å². The van der Waals surface area contributed by atoms with Crippen LogP contribution in [0.25, 0.3) is 0 Å². The zero-order valence-corrected chi connectivity index (χ0v) is 11.3. The predicted molar refractivity (Wildman–Crippen MR) is 78.7 cm³/mol. The van der Waals surface area contributed by atoms with Crippen LogP contribution in [0.5, 0.6) is 0 Å². The number of nitrogen functional groups attached to an aromatic ring is 1. The monoisotopic (exact) mass is 269 g/mol. The summed E-state index contributed by atoms with van der Waals surface area (Å²) in [4.78, 5) is 2.06. The topological polar surface area (TPSA) is 53.0 Å². The van der Waals surface area contributed by atoms with Crippen molar-refractivity contribution in [3.8, 4) is 6.07 Å². The van der Waals surface area contributed by atoms with Crippen molar-refractivity contribution in [1.29, 1.82) is 5.26 Å². The van der Waals surface area contributed by atoms with Gasteiger partial charge in [0.05, 0.1) is 11.6 Å². The molecule has 0 heterocycles. The Morgan fingerprint density at radius 2 is 1.90 bits per heavy atom. The van der Waals surface area contributed by atoms with E-state index in [0.29, 0.717) is 23.4 Å². The number of nitrogens with zero attached hydrogens (tertiary/aromatic N) is 2. The van der Waals surface area contributed by atoms with Crippen LogP contribution >= 0.6 is 0 Å². The van der Waals surface area contributed by atoms with Gasteiger partial charge in [0.15, 0.2) is 0 Å². The number of nitriles is 1.